The number of ether oxygens (including phenoxy) is 2. The number of carboxylic acid groups (broad SMARTS) is 1. The van der Waals surface area contributed by atoms with Crippen LogP contribution in [0.4, 0.5) is 4.39 Å². The van der Waals surface area contributed by atoms with Crippen LogP contribution in [0.5, 0.6) is 5.75 Å². The van der Waals surface area contributed by atoms with Crippen LogP contribution in [-0.4, -0.2) is 17.7 Å². The van der Waals surface area contributed by atoms with Gasteiger partial charge >= 0.3 is 5.97 Å². The van der Waals surface area contributed by atoms with Crippen molar-refractivity contribution in [2.45, 2.75) is 31.5 Å². The van der Waals surface area contributed by atoms with Gasteiger partial charge in [0.25, 0.3) is 0 Å². The van der Waals surface area contributed by atoms with Crippen LogP contribution < -0.4 is 4.74 Å². The Hall–Kier alpha value is -2.67. The van der Waals surface area contributed by atoms with E-state index < -0.39 is 24.8 Å². The maximum absolute atomic E-state index is 14.3. The van der Waals surface area contributed by atoms with E-state index in [4.69, 9.17) is 26.2 Å². The molecule has 0 bridgehead atoms. The Balaban J connectivity index is 1.82. The largest absolute Gasteiger partial charge is 0.482 e. The van der Waals surface area contributed by atoms with Crippen LogP contribution in [0.3, 0.4) is 0 Å². The zero-order chi connectivity index (χ0) is 25.1. The van der Waals surface area contributed by atoms with Crippen molar-refractivity contribution in [1.82, 2.24) is 0 Å². The molecule has 1 heterocycles. The van der Waals surface area contributed by atoms with Gasteiger partial charge < -0.3 is 14.6 Å². The molecule has 3 aromatic carbocycles. The molecule has 3 aromatic rings. The molecule has 0 spiro atoms. The second-order valence-electron chi connectivity index (χ2n) is 8.75. The quantitative estimate of drug-likeness (QED) is 0.299. The summed E-state index contributed by atoms with van der Waals surface area (Å²) in [5.41, 5.74) is 3.33. The van der Waals surface area contributed by atoms with Crippen molar-refractivity contribution in [3.8, 4) is 5.75 Å². The van der Waals surface area contributed by atoms with Gasteiger partial charge in [0.1, 0.15) is 11.6 Å². The third-order valence-electron chi connectivity index (χ3n) is 6.25. The Kier molecular flexibility index (Phi) is 7.95. The first-order valence-corrected chi connectivity index (χ1v) is 12.4. The number of benzene rings is 3. The molecule has 4 atom stereocenters. The summed E-state index contributed by atoms with van der Waals surface area (Å²) in [5, 5.41) is 9.76. The van der Waals surface area contributed by atoms with Crippen LogP contribution in [0.1, 0.15) is 48.2 Å². The van der Waals surface area contributed by atoms with Crippen LogP contribution in [0, 0.1) is 11.7 Å². The molecule has 4 rings (SSSR count). The summed E-state index contributed by atoms with van der Waals surface area (Å²) in [6.07, 6.45) is -0.291. The average Bonchev–Trinajstić information content (AvgIpc) is 2.82. The van der Waals surface area contributed by atoms with E-state index in [2.05, 4.69) is 22.5 Å². The van der Waals surface area contributed by atoms with Crippen LogP contribution in [0.2, 0.25) is 5.02 Å². The van der Waals surface area contributed by atoms with Crippen molar-refractivity contribution in [2.75, 3.05) is 6.61 Å². The summed E-state index contributed by atoms with van der Waals surface area (Å²) < 4.78 is 27.5. The van der Waals surface area contributed by atoms with Gasteiger partial charge in [-0.25, -0.2) is 9.18 Å². The topological polar surface area (TPSA) is 55.8 Å². The summed E-state index contributed by atoms with van der Waals surface area (Å²) in [5.74, 6) is -1.21. The van der Waals surface area contributed by atoms with Gasteiger partial charge in [-0.1, -0.05) is 63.9 Å². The zero-order valence-electron chi connectivity index (χ0n) is 19.1. The lowest BCUT2D eigenvalue weighted by Gasteiger charge is -2.43. The molecule has 0 saturated carbocycles. The van der Waals surface area contributed by atoms with Crippen molar-refractivity contribution < 1.29 is 23.8 Å². The third-order valence-corrected chi connectivity index (χ3v) is 6.98. The monoisotopic (exact) mass is 558 g/mol. The highest BCUT2D eigenvalue weighted by atomic mass is 79.9. The molecule has 0 radical (unpaired) electrons. The summed E-state index contributed by atoms with van der Waals surface area (Å²) in [4.78, 5) is 11.2. The fourth-order valence-corrected chi connectivity index (χ4v) is 5.25. The lowest BCUT2D eigenvalue weighted by atomic mass is 9.74. The highest BCUT2D eigenvalue weighted by Crippen LogP contribution is 2.53. The Morgan fingerprint density at radius 1 is 1.14 bits per heavy atom. The first-order valence-electron chi connectivity index (χ1n) is 11.2. The van der Waals surface area contributed by atoms with Crippen LogP contribution in [-0.2, 0) is 9.53 Å². The van der Waals surface area contributed by atoms with Crippen LogP contribution >= 0.6 is 27.5 Å². The number of carboxylic acids is 1. The maximum atomic E-state index is 14.3. The molecule has 1 aliphatic rings. The fraction of sp³-hybridized carbons (Fsp3) is 0.250. The Labute approximate surface area is 217 Å². The summed E-state index contributed by atoms with van der Waals surface area (Å²) in [6, 6.07) is 19.4. The molecule has 1 saturated heterocycles. The third kappa shape index (κ3) is 5.95. The molecule has 35 heavy (non-hydrogen) atoms. The zero-order valence-corrected chi connectivity index (χ0v) is 21.4. The standard InChI is InChI=1S/C28H25BrClFO4/c1-16(2)22-14-23(17-5-3-7-20(30)11-17)27(18-6-4-8-21(31)12-18)35-28(22)24-13-19(29)9-10-25(24)34-15-26(32)33/h3-13,22-23,27-28H,1,14-15H2,2H3,(H,32,33)/t22-,23-,27+,28+/m1/s1. The second-order valence-corrected chi connectivity index (χ2v) is 10.1. The molecular formula is C28H25BrClFO4. The number of hydrogen-bond donors (Lipinski definition) is 1. The van der Waals surface area contributed by atoms with Gasteiger partial charge in [0, 0.05) is 26.9 Å². The minimum atomic E-state index is -1.07. The van der Waals surface area contributed by atoms with E-state index in [1.54, 1.807) is 18.2 Å². The van der Waals surface area contributed by atoms with Crippen LogP contribution in [0.25, 0.3) is 0 Å². The van der Waals surface area contributed by atoms with Gasteiger partial charge in [-0.05, 0) is 66.9 Å². The van der Waals surface area contributed by atoms with Crippen LogP contribution in [0.15, 0.2) is 83.4 Å². The van der Waals surface area contributed by atoms with Gasteiger partial charge in [0.2, 0.25) is 0 Å². The van der Waals surface area contributed by atoms with E-state index in [1.807, 2.05) is 43.3 Å². The number of aliphatic carboxylic acids is 1. The SMILES string of the molecule is C=C(C)[C@H]1C[C@H](c2cccc(Cl)c2)[C@H](c2cccc(F)c2)O[C@@H]1c1cc(Br)ccc1OCC(=O)O. The van der Waals surface area contributed by atoms with Gasteiger partial charge in [-0.3, -0.25) is 0 Å². The summed E-state index contributed by atoms with van der Waals surface area (Å²) >= 11 is 9.83. The molecule has 4 nitrogen and oxygen atoms in total. The number of hydrogen-bond acceptors (Lipinski definition) is 3. The lowest BCUT2D eigenvalue weighted by molar-refractivity contribution is -0.139. The molecule has 1 aliphatic heterocycles. The second kappa shape index (κ2) is 10.9. The van der Waals surface area contributed by atoms with E-state index in [-0.39, 0.29) is 17.7 Å². The number of rotatable bonds is 7. The average molecular weight is 560 g/mol. The first kappa shape index (κ1) is 25.4. The van der Waals surface area contributed by atoms with Crippen molar-refractivity contribution in [3.05, 3.63) is 111 Å². The predicted octanol–water partition coefficient (Wildman–Crippen LogP) is 7.88. The normalized spacial score (nSPS) is 21.9. The Morgan fingerprint density at radius 3 is 2.57 bits per heavy atom. The highest BCUT2D eigenvalue weighted by molar-refractivity contribution is 9.10. The van der Waals surface area contributed by atoms with Gasteiger partial charge in [-0.2, -0.15) is 0 Å². The van der Waals surface area contributed by atoms with E-state index in [0.717, 1.165) is 15.6 Å². The van der Waals surface area contributed by atoms with E-state index in [0.29, 0.717) is 28.3 Å². The molecule has 0 aromatic heterocycles. The minimum Gasteiger partial charge on any atom is -0.482 e. The Morgan fingerprint density at radius 2 is 1.89 bits per heavy atom. The van der Waals surface area contributed by atoms with E-state index >= 15 is 0 Å². The molecule has 0 unspecified atom stereocenters. The lowest BCUT2D eigenvalue weighted by Crippen LogP contribution is -2.32. The molecule has 1 N–H and O–H groups in total. The highest BCUT2D eigenvalue weighted by Gasteiger charge is 2.41. The molecule has 0 aliphatic carbocycles. The maximum Gasteiger partial charge on any atom is 0.341 e. The number of halogens is 3. The minimum absolute atomic E-state index is 0.106. The molecule has 7 heteroatoms. The van der Waals surface area contributed by atoms with Gasteiger partial charge in [-0.15, -0.1) is 0 Å². The van der Waals surface area contributed by atoms with Gasteiger partial charge in [0.15, 0.2) is 6.61 Å². The molecular weight excluding hydrogens is 535 g/mol. The fourth-order valence-electron chi connectivity index (χ4n) is 4.67. The summed E-state index contributed by atoms with van der Waals surface area (Å²) in [6.45, 7) is 5.70. The molecule has 1 fully saturated rings. The molecule has 182 valence electrons. The predicted molar refractivity (Wildman–Crippen MR) is 137 cm³/mol. The van der Waals surface area contributed by atoms with Crippen molar-refractivity contribution >= 4 is 33.5 Å². The first-order chi connectivity index (χ1) is 16.7. The van der Waals surface area contributed by atoms with Gasteiger partial charge in [0.05, 0.1) is 12.2 Å². The summed E-state index contributed by atoms with van der Waals surface area (Å²) in [7, 11) is 0. The van der Waals surface area contributed by atoms with Crippen molar-refractivity contribution in [1.29, 1.82) is 0 Å². The Bertz CT molecular complexity index is 1250. The number of carbonyl (C=O) groups is 1. The van der Waals surface area contributed by atoms with Crippen molar-refractivity contribution in [3.63, 3.8) is 0 Å². The van der Waals surface area contributed by atoms with Crippen molar-refractivity contribution in [2.24, 2.45) is 5.92 Å². The molecule has 0 amide bonds. The van der Waals surface area contributed by atoms with E-state index in [9.17, 15) is 9.18 Å². The smallest absolute Gasteiger partial charge is 0.341 e. The van der Waals surface area contributed by atoms with E-state index in [1.165, 1.54) is 12.1 Å².